The number of carbonyl (C=O) groups excluding carboxylic acids is 1. The number of rotatable bonds is 41. The molecule has 1 unspecified atom stereocenters. The molecule has 0 amide bonds. The standard InChI is InChI=1S/C46H86NO7P/c1-6-8-10-12-14-16-18-20-22-24-25-27-29-31-33-35-37-39-46(48)54-45(44-53-55(49,50)52-42-40-47(3,4)5)43-51-41-38-36-34-32-30-28-26-23-21-19-17-15-13-11-9-7-2/h14,16,20,22,25,27,38,41,45H,6-13,15,17-19,21,23-24,26,28-37,39-40,42-44H2,1-5H3/p+1/b16-14+,22-20+,27-25+,41-38+/t45-/m1/s1. The first-order valence-electron chi connectivity index (χ1n) is 22.4. The number of nitrogens with zero attached hydrogens (tertiary/aromatic N) is 1. The molecule has 0 fully saturated rings. The third-order valence-electron chi connectivity index (χ3n) is 9.46. The van der Waals surface area contributed by atoms with Crippen LogP contribution in [0.3, 0.4) is 0 Å². The number of hydrogen-bond donors (Lipinski definition) is 1. The molecule has 0 saturated heterocycles. The largest absolute Gasteiger partial charge is 0.498 e. The Morgan fingerprint density at radius 1 is 0.582 bits per heavy atom. The van der Waals surface area contributed by atoms with Crippen LogP contribution in [0.2, 0.25) is 0 Å². The normalized spacial score (nSPS) is 14.1. The average molecular weight is 797 g/mol. The molecular weight excluding hydrogens is 709 g/mol. The smallest absolute Gasteiger partial charge is 0.472 e. The van der Waals surface area contributed by atoms with Crippen molar-refractivity contribution in [2.24, 2.45) is 0 Å². The van der Waals surface area contributed by atoms with Crippen LogP contribution in [0, 0.1) is 0 Å². The molecule has 0 aliphatic carbocycles. The molecule has 9 heteroatoms. The number of quaternary nitrogens is 1. The van der Waals surface area contributed by atoms with Gasteiger partial charge < -0.3 is 18.9 Å². The van der Waals surface area contributed by atoms with E-state index in [1.807, 2.05) is 27.2 Å². The number of likely N-dealkylation sites (N-methyl/N-ethyl adjacent to an activating group) is 1. The predicted molar refractivity (Wildman–Crippen MR) is 233 cm³/mol. The summed E-state index contributed by atoms with van der Waals surface area (Å²) < 4.78 is 34.7. The highest BCUT2D eigenvalue weighted by Crippen LogP contribution is 2.43. The maximum absolute atomic E-state index is 12.7. The van der Waals surface area contributed by atoms with Gasteiger partial charge in [0.25, 0.3) is 0 Å². The Bertz CT molecular complexity index is 1020. The Morgan fingerprint density at radius 2 is 1.02 bits per heavy atom. The quantitative estimate of drug-likeness (QED) is 0.0164. The Kier molecular flexibility index (Phi) is 37.9. The fourth-order valence-electron chi connectivity index (χ4n) is 5.94. The number of carbonyl (C=O) groups is 1. The first-order valence-corrected chi connectivity index (χ1v) is 23.9. The van der Waals surface area contributed by atoms with E-state index in [1.54, 1.807) is 6.26 Å². The number of phosphoric acid groups is 1. The lowest BCUT2D eigenvalue weighted by Crippen LogP contribution is -2.37. The Balaban J connectivity index is 4.33. The number of unbranched alkanes of at least 4 members (excludes halogenated alkanes) is 21. The number of hydrogen-bond acceptors (Lipinski definition) is 6. The summed E-state index contributed by atoms with van der Waals surface area (Å²) in [5.74, 6) is -0.357. The Hall–Kier alpha value is -1.70. The summed E-state index contributed by atoms with van der Waals surface area (Å²) in [5, 5.41) is 0. The summed E-state index contributed by atoms with van der Waals surface area (Å²) in [7, 11) is 1.62. The lowest BCUT2D eigenvalue weighted by molar-refractivity contribution is -0.870. The van der Waals surface area contributed by atoms with E-state index in [1.165, 1.54) is 109 Å². The van der Waals surface area contributed by atoms with Crippen molar-refractivity contribution >= 4 is 13.8 Å². The zero-order chi connectivity index (χ0) is 40.6. The lowest BCUT2D eigenvalue weighted by Gasteiger charge is -2.24. The molecule has 0 aromatic carbocycles. The first kappa shape index (κ1) is 53.3. The number of esters is 1. The van der Waals surface area contributed by atoms with Crippen molar-refractivity contribution in [2.75, 3.05) is 47.5 Å². The fourth-order valence-corrected chi connectivity index (χ4v) is 6.68. The van der Waals surface area contributed by atoms with E-state index in [9.17, 15) is 14.3 Å². The van der Waals surface area contributed by atoms with Crippen molar-refractivity contribution in [3.05, 3.63) is 48.8 Å². The van der Waals surface area contributed by atoms with Crippen molar-refractivity contribution in [3.8, 4) is 0 Å². The van der Waals surface area contributed by atoms with Crippen LogP contribution in [-0.2, 0) is 27.9 Å². The Morgan fingerprint density at radius 3 is 1.55 bits per heavy atom. The molecule has 55 heavy (non-hydrogen) atoms. The molecule has 322 valence electrons. The molecule has 0 aromatic rings. The van der Waals surface area contributed by atoms with Crippen molar-refractivity contribution in [3.63, 3.8) is 0 Å². The number of ether oxygens (including phenoxy) is 2. The second-order valence-corrected chi connectivity index (χ2v) is 17.6. The molecule has 0 heterocycles. The van der Waals surface area contributed by atoms with Gasteiger partial charge in [0.2, 0.25) is 0 Å². The van der Waals surface area contributed by atoms with Crippen molar-refractivity contribution in [1.82, 2.24) is 0 Å². The molecule has 2 atom stereocenters. The number of allylic oxidation sites excluding steroid dienone is 7. The minimum atomic E-state index is -4.30. The van der Waals surface area contributed by atoms with Crippen LogP contribution < -0.4 is 0 Å². The molecule has 0 bridgehead atoms. The molecule has 0 spiro atoms. The van der Waals surface area contributed by atoms with E-state index < -0.39 is 13.9 Å². The van der Waals surface area contributed by atoms with Gasteiger partial charge in [0.1, 0.15) is 19.8 Å². The van der Waals surface area contributed by atoms with Gasteiger partial charge in [0.05, 0.1) is 34.0 Å². The van der Waals surface area contributed by atoms with Crippen LogP contribution >= 0.6 is 7.82 Å². The molecule has 0 radical (unpaired) electrons. The molecule has 0 aliphatic heterocycles. The van der Waals surface area contributed by atoms with E-state index in [-0.39, 0.29) is 32.2 Å². The van der Waals surface area contributed by atoms with Crippen molar-refractivity contribution < 1.29 is 37.3 Å². The topological polar surface area (TPSA) is 91.3 Å². The van der Waals surface area contributed by atoms with Crippen LogP contribution in [0.5, 0.6) is 0 Å². The van der Waals surface area contributed by atoms with Crippen LogP contribution in [0.15, 0.2) is 48.8 Å². The van der Waals surface area contributed by atoms with Crippen LogP contribution in [0.1, 0.15) is 187 Å². The molecule has 0 rings (SSSR count). The zero-order valence-electron chi connectivity index (χ0n) is 36.4. The molecule has 0 aliphatic rings. The lowest BCUT2D eigenvalue weighted by atomic mass is 10.0. The van der Waals surface area contributed by atoms with Gasteiger partial charge in [-0.25, -0.2) is 4.57 Å². The van der Waals surface area contributed by atoms with Gasteiger partial charge in [-0.05, 0) is 63.9 Å². The van der Waals surface area contributed by atoms with Gasteiger partial charge >= 0.3 is 13.8 Å². The predicted octanol–water partition coefficient (Wildman–Crippen LogP) is 13.5. The van der Waals surface area contributed by atoms with E-state index in [4.69, 9.17) is 18.5 Å². The van der Waals surface area contributed by atoms with Gasteiger partial charge in [-0.15, -0.1) is 0 Å². The zero-order valence-corrected chi connectivity index (χ0v) is 37.3. The monoisotopic (exact) mass is 797 g/mol. The highest BCUT2D eigenvalue weighted by molar-refractivity contribution is 7.47. The summed E-state index contributed by atoms with van der Waals surface area (Å²) in [4.78, 5) is 22.9. The van der Waals surface area contributed by atoms with Gasteiger partial charge in [-0.2, -0.15) is 0 Å². The van der Waals surface area contributed by atoms with E-state index in [0.29, 0.717) is 11.0 Å². The fraction of sp³-hybridized carbons (Fsp3) is 0.804. The van der Waals surface area contributed by atoms with E-state index in [0.717, 1.165) is 57.8 Å². The van der Waals surface area contributed by atoms with Crippen LogP contribution in [0.25, 0.3) is 0 Å². The maximum Gasteiger partial charge on any atom is 0.472 e. The summed E-state index contributed by atoms with van der Waals surface area (Å²) >= 11 is 0. The summed E-state index contributed by atoms with van der Waals surface area (Å²) in [6, 6.07) is 0. The van der Waals surface area contributed by atoms with Gasteiger partial charge in [-0.3, -0.25) is 13.8 Å². The molecule has 0 aromatic heterocycles. The third-order valence-corrected chi connectivity index (χ3v) is 10.4. The van der Waals surface area contributed by atoms with Crippen molar-refractivity contribution in [2.45, 2.75) is 193 Å². The summed E-state index contributed by atoms with van der Waals surface area (Å²) in [6.07, 6.45) is 48.1. The molecular formula is C46H87NO7P+. The molecule has 1 N–H and O–H groups in total. The van der Waals surface area contributed by atoms with E-state index in [2.05, 4.69) is 50.3 Å². The minimum Gasteiger partial charge on any atom is -0.498 e. The number of phosphoric ester groups is 1. The second kappa shape index (κ2) is 39.1. The molecule has 0 saturated carbocycles. The molecule has 8 nitrogen and oxygen atoms in total. The minimum absolute atomic E-state index is 0.0388. The SMILES string of the molecule is CCCCC/C=C/C/C=C/C/C=C/CCCCCCC(=O)O[C@H](CO/C=C/CCCCCCCCCCCCCCCC)COP(=O)(O)OCC[N+](C)(C)C. The van der Waals surface area contributed by atoms with E-state index >= 15 is 0 Å². The highest BCUT2D eigenvalue weighted by Gasteiger charge is 2.26. The van der Waals surface area contributed by atoms with Gasteiger partial charge in [0.15, 0.2) is 6.10 Å². The highest BCUT2D eigenvalue weighted by atomic mass is 31.2. The summed E-state index contributed by atoms with van der Waals surface area (Å²) in [6.45, 7) is 4.88. The van der Waals surface area contributed by atoms with Gasteiger partial charge in [0, 0.05) is 6.42 Å². The summed E-state index contributed by atoms with van der Waals surface area (Å²) in [5.41, 5.74) is 0. The van der Waals surface area contributed by atoms with Crippen LogP contribution in [-0.4, -0.2) is 69.0 Å². The maximum atomic E-state index is 12.7. The Labute approximate surface area is 339 Å². The van der Waals surface area contributed by atoms with Gasteiger partial charge in [-0.1, -0.05) is 159 Å². The second-order valence-electron chi connectivity index (χ2n) is 16.1. The third kappa shape index (κ3) is 43.3. The first-order chi connectivity index (χ1) is 26.6. The average Bonchev–Trinajstić information content (AvgIpc) is 3.13. The van der Waals surface area contributed by atoms with Crippen LogP contribution in [0.4, 0.5) is 0 Å². The van der Waals surface area contributed by atoms with Crippen molar-refractivity contribution in [1.29, 1.82) is 0 Å².